The molecule has 8 heteroatoms. The third-order valence-corrected chi connectivity index (χ3v) is 4.36. The van der Waals surface area contributed by atoms with Crippen molar-refractivity contribution >= 4 is 11.7 Å². The van der Waals surface area contributed by atoms with Crippen LogP contribution in [0.4, 0.5) is 19.0 Å². The number of rotatable bonds is 1. The van der Waals surface area contributed by atoms with E-state index in [-0.39, 0.29) is 17.3 Å². The number of aromatic nitrogens is 2. The van der Waals surface area contributed by atoms with Crippen LogP contribution in [0.15, 0.2) is 0 Å². The van der Waals surface area contributed by atoms with Gasteiger partial charge in [0.15, 0.2) is 11.4 Å². The Morgan fingerprint density at radius 1 is 1.24 bits per heavy atom. The van der Waals surface area contributed by atoms with Gasteiger partial charge in [-0.3, -0.25) is 9.89 Å². The lowest BCUT2D eigenvalue weighted by atomic mass is 9.79. The standard InChI is InChI=1S/C13H16F3N3O2/c14-13(15,16)12(21)6-8(20)17-11-9(12)10(18-19-11)7-4-2-1-3-5-7/h7,21H,1-6H2,(H2,17,18,19,20). The number of aromatic amines is 1. The first-order chi connectivity index (χ1) is 9.83. The van der Waals surface area contributed by atoms with E-state index < -0.39 is 24.1 Å². The Morgan fingerprint density at radius 2 is 1.90 bits per heavy atom. The lowest BCUT2D eigenvalue weighted by molar-refractivity contribution is -0.267. The van der Waals surface area contributed by atoms with Gasteiger partial charge >= 0.3 is 6.18 Å². The SMILES string of the molecule is O=C1CC(O)(C(F)(F)F)c2c(n[nH]c2C2CCCCC2)N1. The van der Waals surface area contributed by atoms with Crippen LogP contribution in [0.5, 0.6) is 0 Å². The Labute approximate surface area is 118 Å². The van der Waals surface area contributed by atoms with E-state index in [1.54, 1.807) is 0 Å². The van der Waals surface area contributed by atoms with Crippen LogP contribution in [-0.4, -0.2) is 27.4 Å². The fraction of sp³-hybridized carbons (Fsp3) is 0.692. The maximum atomic E-state index is 13.3. The normalized spacial score (nSPS) is 27.3. The second-order valence-corrected chi connectivity index (χ2v) is 5.78. The Kier molecular flexibility index (Phi) is 3.23. The van der Waals surface area contributed by atoms with Crippen molar-refractivity contribution in [3.8, 4) is 0 Å². The zero-order chi connectivity index (χ0) is 15.3. The topological polar surface area (TPSA) is 78.0 Å². The predicted octanol–water partition coefficient (Wildman–Crippen LogP) is 2.55. The molecule has 1 saturated carbocycles. The Balaban J connectivity index is 2.09. The van der Waals surface area contributed by atoms with Crippen LogP contribution in [0, 0.1) is 0 Å². The molecule has 0 saturated heterocycles. The molecule has 1 aliphatic heterocycles. The molecule has 1 aromatic heterocycles. The van der Waals surface area contributed by atoms with E-state index in [2.05, 4.69) is 15.5 Å². The molecule has 0 bridgehead atoms. The third-order valence-electron chi connectivity index (χ3n) is 4.36. The van der Waals surface area contributed by atoms with E-state index in [0.717, 1.165) is 32.1 Å². The number of carbonyl (C=O) groups excluding carboxylic acids is 1. The van der Waals surface area contributed by atoms with E-state index in [0.29, 0.717) is 5.69 Å². The van der Waals surface area contributed by atoms with Crippen molar-refractivity contribution in [2.45, 2.75) is 56.2 Å². The first-order valence-corrected chi connectivity index (χ1v) is 7.00. The number of aliphatic hydroxyl groups is 1. The molecule has 1 aromatic rings. The largest absolute Gasteiger partial charge is 0.422 e. The monoisotopic (exact) mass is 303 g/mol. The summed E-state index contributed by atoms with van der Waals surface area (Å²) in [5.41, 5.74) is -3.16. The van der Waals surface area contributed by atoms with Gasteiger partial charge in [-0.2, -0.15) is 18.3 Å². The number of hydrogen-bond donors (Lipinski definition) is 3. The van der Waals surface area contributed by atoms with Gasteiger partial charge < -0.3 is 10.4 Å². The van der Waals surface area contributed by atoms with Crippen molar-refractivity contribution in [3.05, 3.63) is 11.3 Å². The number of anilines is 1. The highest BCUT2D eigenvalue weighted by Gasteiger charge is 2.61. The van der Waals surface area contributed by atoms with Gasteiger partial charge in [0.1, 0.15) is 0 Å². The summed E-state index contributed by atoms with van der Waals surface area (Å²) >= 11 is 0. The van der Waals surface area contributed by atoms with Crippen LogP contribution in [0.2, 0.25) is 0 Å². The number of fused-ring (bicyclic) bond motifs is 1. The summed E-state index contributed by atoms with van der Waals surface area (Å²) in [5, 5.41) is 18.9. The minimum absolute atomic E-state index is 0.0844. The van der Waals surface area contributed by atoms with E-state index in [1.807, 2.05) is 0 Å². The number of nitrogens with zero attached hydrogens (tertiary/aromatic N) is 1. The molecule has 2 heterocycles. The molecular formula is C13H16F3N3O2. The fourth-order valence-electron chi connectivity index (χ4n) is 3.29. The summed E-state index contributed by atoms with van der Waals surface area (Å²) in [6, 6.07) is 0. The minimum Gasteiger partial charge on any atom is -0.376 e. The van der Waals surface area contributed by atoms with E-state index in [9.17, 15) is 23.1 Å². The number of nitrogens with one attached hydrogen (secondary N) is 2. The Hall–Kier alpha value is -1.57. The van der Waals surface area contributed by atoms with Crippen molar-refractivity contribution < 1.29 is 23.1 Å². The van der Waals surface area contributed by atoms with Gasteiger partial charge in [-0.05, 0) is 12.8 Å². The van der Waals surface area contributed by atoms with Crippen LogP contribution in [-0.2, 0) is 10.4 Å². The lowest BCUT2D eigenvalue weighted by Crippen LogP contribution is -2.48. The van der Waals surface area contributed by atoms with Gasteiger partial charge in [-0.15, -0.1) is 0 Å². The second-order valence-electron chi connectivity index (χ2n) is 5.78. The maximum Gasteiger partial charge on any atom is 0.422 e. The maximum absolute atomic E-state index is 13.3. The minimum atomic E-state index is -4.92. The van der Waals surface area contributed by atoms with Gasteiger partial charge in [0.2, 0.25) is 5.91 Å². The molecule has 3 rings (SSSR count). The van der Waals surface area contributed by atoms with Crippen molar-refractivity contribution in [3.63, 3.8) is 0 Å². The van der Waals surface area contributed by atoms with E-state index >= 15 is 0 Å². The summed E-state index contributed by atoms with van der Waals surface area (Å²) in [7, 11) is 0. The lowest BCUT2D eigenvalue weighted by Gasteiger charge is -2.35. The highest BCUT2D eigenvalue weighted by atomic mass is 19.4. The zero-order valence-corrected chi connectivity index (χ0v) is 11.3. The van der Waals surface area contributed by atoms with Crippen LogP contribution in [0.1, 0.15) is 55.7 Å². The first-order valence-electron chi connectivity index (χ1n) is 7.00. The number of amides is 1. The Morgan fingerprint density at radius 3 is 2.52 bits per heavy atom. The predicted molar refractivity (Wildman–Crippen MR) is 67.6 cm³/mol. The Bertz CT molecular complexity index is 563. The molecule has 0 aromatic carbocycles. The molecule has 1 fully saturated rings. The molecule has 21 heavy (non-hydrogen) atoms. The van der Waals surface area contributed by atoms with Gasteiger partial charge in [-0.25, -0.2) is 0 Å². The highest BCUT2D eigenvalue weighted by Crippen LogP contribution is 2.50. The quantitative estimate of drug-likeness (QED) is 0.746. The molecule has 2 aliphatic rings. The summed E-state index contributed by atoms with van der Waals surface area (Å²) in [5.74, 6) is -1.17. The average molecular weight is 303 g/mol. The number of carbonyl (C=O) groups is 1. The highest BCUT2D eigenvalue weighted by molar-refractivity contribution is 5.94. The zero-order valence-electron chi connectivity index (χ0n) is 11.3. The van der Waals surface area contributed by atoms with Crippen LogP contribution < -0.4 is 5.32 Å². The molecule has 1 unspecified atom stereocenters. The molecule has 5 nitrogen and oxygen atoms in total. The number of hydrogen-bond acceptors (Lipinski definition) is 3. The molecule has 1 amide bonds. The average Bonchev–Trinajstić information content (AvgIpc) is 2.82. The van der Waals surface area contributed by atoms with Crippen molar-refractivity contribution in [2.24, 2.45) is 0 Å². The molecule has 1 aliphatic carbocycles. The molecule has 0 radical (unpaired) electrons. The molecular weight excluding hydrogens is 287 g/mol. The molecule has 116 valence electrons. The van der Waals surface area contributed by atoms with E-state index in [1.165, 1.54) is 0 Å². The molecule has 3 N–H and O–H groups in total. The van der Waals surface area contributed by atoms with Gasteiger partial charge in [0.05, 0.1) is 12.0 Å². The van der Waals surface area contributed by atoms with Gasteiger partial charge in [-0.1, -0.05) is 19.3 Å². The van der Waals surface area contributed by atoms with Crippen molar-refractivity contribution in [2.75, 3.05) is 5.32 Å². The summed E-state index contributed by atoms with van der Waals surface area (Å²) in [6.07, 6.45) is -1.49. The van der Waals surface area contributed by atoms with E-state index in [4.69, 9.17) is 0 Å². The van der Waals surface area contributed by atoms with Gasteiger partial charge in [0.25, 0.3) is 0 Å². The molecule has 1 atom stereocenters. The summed E-state index contributed by atoms with van der Waals surface area (Å²) in [4.78, 5) is 11.4. The fourth-order valence-corrected chi connectivity index (χ4v) is 3.29. The van der Waals surface area contributed by atoms with Crippen LogP contribution >= 0.6 is 0 Å². The summed E-state index contributed by atoms with van der Waals surface area (Å²) in [6.45, 7) is 0. The number of alkyl halides is 3. The summed E-state index contributed by atoms with van der Waals surface area (Å²) < 4.78 is 40.0. The van der Waals surface area contributed by atoms with Crippen molar-refractivity contribution in [1.29, 1.82) is 0 Å². The third kappa shape index (κ3) is 2.21. The number of H-pyrrole nitrogens is 1. The van der Waals surface area contributed by atoms with Crippen LogP contribution in [0.3, 0.4) is 0 Å². The first kappa shape index (κ1) is 14.4. The van der Waals surface area contributed by atoms with Crippen LogP contribution in [0.25, 0.3) is 0 Å². The van der Waals surface area contributed by atoms with Crippen molar-refractivity contribution in [1.82, 2.24) is 10.2 Å². The smallest absolute Gasteiger partial charge is 0.376 e. The molecule has 0 spiro atoms. The second kappa shape index (κ2) is 4.72. The van der Waals surface area contributed by atoms with Gasteiger partial charge in [0, 0.05) is 11.6 Å². The number of halogens is 3.